The smallest absolute Gasteiger partial charge is 0.315 e. The molecule has 4 atom stereocenters. The van der Waals surface area contributed by atoms with Crippen LogP contribution in [0.15, 0.2) is 6.20 Å². The van der Waals surface area contributed by atoms with Gasteiger partial charge in [-0.2, -0.15) is 0 Å². The van der Waals surface area contributed by atoms with Gasteiger partial charge in [-0.3, -0.25) is 4.79 Å². The maximum absolute atomic E-state index is 13.2. The highest BCUT2D eigenvalue weighted by Crippen LogP contribution is 2.42. The first-order valence-corrected chi connectivity index (χ1v) is 11.8. The lowest BCUT2D eigenvalue weighted by Gasteiger charge is -2.30. The Kier molecular flexibility index (Phi) is 5.88. The van der Waals surface area contributed by atoms with Gasteiger partial charge in [-0.05, 0) is 32.1 Å². The molecule has 0 spiro atoms. The Labute approximate surface area is 182 Å². The zero-order valence-electron chi connectivity index (χ0n) is 17.9. The van der Waals surface area contributed by atoms with Gasteiger partial charge in [0.25, 0.3) is 0 Å². The predicted octanol–water partition coefficient (Wildman–Crippen LogP) is 1.22. The summed E-state index contributed by atoms with van der Waals surface area (Å²) in [5.41, 5.74) is 0.804. The molecule has 9 heteroatoms. The van der Waals surface area contributed by atoms with E-state index in [0.717, 1.165) is 50.0 Å². The number of morpholine rings is 1. The van der Waals surface area contributed by atoms with Crippen LogP contribution in [-0.4, -0.2) is 76.4 Å². The molecule has 0 unspecified atom stereocenters. The van der Waals surface area contributed by atoms with Gasteiger partial charge in [0.15, 0.2) is 0 Å². The topological polar surface area (TPSA) is 120 Å². The van der Waals surface area contributed by atoms with Crippen LogP contribution in [0.3, 0.4) is 0 Å². The Morgan fingerprint density at radius 3 is 2.58 bits per heavy atom. The molecule has 3 aliphatic carbocycles. The molecule has 2 heterocycles. The summed E-state index contributed by atoms with van der Waals surface area (Å²) in [5.74, 6) is 0.426. The van der Waals surface area contributed by atoms with Gasteiger partial charge in [-0.25, -0.2) is 9.78 Å². The molecule has 4 N–H and O–H groups in total. The third-order valence-electron chi connectivity index (χ3n) is 7.31. The maximum Gasteiger partial charge on any atom is 0.315 e. The monoisotopic (exact) mass is 431 g/mol. The van der Waals surface area contributed by atoms with Crippen LogP contribution in [0.4, 0.5) is 4.79 Å². The van der Waals surface area contributed by atoms with Crippen molar-refractivity contribution >= 4 is 11.9 Å². The second-order valence-corrected chi connectivity index (χ2v) is 9.50. The minimum Gasteiger partial charge on any atom is -0.392 e. The number of aliphatic hydroxyl groups excluding tert-OH is 1. The van der Waals surface area contributed by atoms with E-state index >= 15 is 0 Å². The molecule has 1 aromatic heterocycles. The molecule has 5 rings (SSSR count). The molecule has 0 bridgehead atoms. The Morgan fingerprint density at radius 1 is 1.13 bits per heavy atom. The fourth-order valence-corrected chi connectivity index (χ4v) is 5.41. The average Bonchev–Trinajstić information content (AvgIpc) is 3.15. The zero-order valence-corrected chi connectivity index (χ0v) is 17.9. The maximum atomic E-state index is 13.2. The number of amides is 3. The van der Waals surface area contributed by atoms with E-state index in [4.69, 9.17) is 4.74 Å². The first-order chi connectivity index (χ1) is 15.1. The van der Waals surface area contributed by atoms with E-state index in [-0.39, 0.29) is 29.9 Å². The van der Waals surface area contributed by atoms with E-state index in [1.165, 1.54) is 0 Å². The van der Waals surface area contributed by atoms with Gasteiger partial charge in [0, 0.05) is 48.9 Å². The number of nitrogens with zero attached hydrogens (tertiary/aromatic N) is 2. The Hall–Kier alpha value is -2.13. The third-order valence-corrected chi connectivity index (χ3v) is 7.31. The summed E-state index contributed by atoms with van der Waals surface area (Å²) in [4.78, 5) is 35.5. The summed E-state index contributed by atoms with van der Waals surface area (Å²) in [6.07, 6.45) is 7.87. The van der Waals surface area contributed by atoms with Gasteiger partial charge in [0.05, 0.1) is 25.2 Å². The predicted molar refractivity (Wildman–Crippen MR) is 113 cm³/mol. The van der Waals surface area contributed by atoms with Gasteiger partial charge in [0.1, 0.15) is 5.82 Å². The van der Waals surface area contributed by atoms with Crippen LogP contribution in [0.5, 0.6) is 0 Å². The highest BCUT2D eigenvalue weighted by atomic mass is 16.5. The summed E-state index contributed by atoms with van der Waals surface area (Å²) >= 11 is 0. The highest BCUT2D eigenvalue weighted by Gasteiger charge is 2.49. The largest absolute Gasteiger partial charge is 0.392 e. The second-order valence-electron chi connectivity index (χ2n) is 9.50. The lowest BCUT2D eigenvalue weighted by Crippen LogP contribution is -2.47. The van der Waals surface area contributed by atoms with Crippen molar-refractivity contribution in [3.05, 3.63) is 17.7 Å². The van der Waals surface area contributed by atoms with Gasteiger partial charge in [-0.15, -0.1) is 0 Å². The molecular weight excluding hydrogens is 398 g/mol. The molecule has 3 saturated carbocycles. The number of urea groups is 1. The molecule has 31 heavy (non-hydrogen) atoms. The van der Waals surface area contributed by atoms with E-state index in [2.05, 4.69) is 20.6 Å². The fraction of sp³-hybridized carbons (Fsp3) is 0.773. The number of ether oxygens (including phenoxy) is 1. The van der Waals surface area contributed by atoms with Crippen molar-refractivity contribution in [3.8, 4) is 0 Å². The Morgan fingerprint density at radius 2 is 1.87 bits per heavy atom. The molecule has 0 aromatic carbocycles. The van der Waals surface area contributed by atoms with E-state index < -0.39 is 12.0 Å². The lowest BCUT2D eigenvalue weighted by atomic mass is 9.96. The van der Waals surface area contributed by atoms with Gasteiger partial charge in [-0.1, -0.05) is 12.8 Å². The summed E-state index contributed by atoms with van der Waals surface area (Å²) in [7, 11) is 0. The number of rotatable bonds is 5. The van der Waals surface area contributed by atoms with E-state index in [1.54, 1.807) is 11.1 Å². The van der Waals surface area contributed by atoms with Crippen LogP contribution in [-0.2, 0) is 9.53 Å². The molecule has 1 aliphatic heterocycles. The fourth-order valence-electron chi connectivity index (χ4n) is 5.41. The van der Waals surface area contributed by atoms with Crippen LogP contribution < -0.4 is 10.6 Å². The Bertz CT molecular complexity index is 798. The van der Waals surface area contributed by atoms with Crippen LogP contribution in [0.1, 0.15) is 68.3 Å². The van der Waals surface area contributed by atoms with Crippen LogP contribution >= 0.6 is 0 Å². The lowest BCUT2D eigenvalue weighted by molar-refractivity contribution is -0.142. The number of carbonyl (C=O) groups excluding carboxylic acids is 2. The van der Waals surface area contributed by atoms with E-state index in [9.17, 15) is 14.7 Å². The molecule has 3 amide bonds. The molecule has 1 aromatic rings. The van der Waals surface area contributed by atoms with Crippen molar-refractivity contribution in [1.29, 1.82) is 0 Å². The molecular formula is C22H33N5O4. The number of aromatic nitrogens is 2. The van der Waals surface area contributed by atoms with Gasteiger partial charge < -0.3 is 30.4 Å². The van der Waals surface area contributed by atoms with Crippen molar-refractivity contribution < 1.29 is 19.4 Å². The number of aromatic amines is 1. The minimum atomic E-state index is -0.875. The SMILES string of the molecule is O=C(NC1CCCC1)N[C@@H]1C[C@H](C(=O)N2CCOCC2)[C@@H](O)[C@H]1c1cnc(C2CC2)[nH]1. The van der Waals surface area contributed by atoms with Crippen molar-refractivity contribution in [1.82, 2.24) is 25.5 Å². The highest BCUT2D eigenvalue weighted by molar-refractivity contribution is 5.81. The minimum absolute atomic E-state index is 0.0526. The third kappa shape index (κ3) is 4.43. The number of H-pyrrole nitrogens is 1. The standard InChI is InChI=1S/C22H33N5O4/c28-19-15(21(29)27-7-9-31-10-8-27)11-16(26-22(30)24-14-3-1-2-4-14)18(19)17-12-23-20(25-17)13-5-6-13/h12-16,18-19,28H,1-11H2,(H,23,25)(H2,24,26,30)/t15-,16+,18+,19+/m0/s1. The molecule has 0 radical (unpaired) electrons. The number of imidazole rings is 1. The van der Waals surface area contributed by atoms with Crippen LogP contribution in [0, 0.1) is 5.92 Å². The number of aliphatic hydroxyl groups is 1. The summed E-state index contributed by atoms with van der Waals surface area (Å²) in [5, 5.41) is 17.4. The van der Waals surface area contributed by atoms with Gasteiger partial charge in [0.2, 0.25) is 5.91 Å². The van der Waals surface area contributed by atoms with Crippen molar-refractivity contribution in [2.75, 3.05) is 26.3 Å². The summed E-state index contributed by atoms with van der Waals surface area (Å²) < 4.78 is 5.36. The molecule has 1 saturated heterocycles. The van der Waals surface area contributed by atoms with Crippen LogP contribution in [0.2, 0.25) is 0 Å². The summed E-state index contributed by atoms with van der Waals surface area (Å²) in [6.45, 7) is 2.13. The summed E-state index contributed by atoms with van der Waals surface area (Å²) in [6, 6.07) is -0.335. The second kappa shape index (κ2) is 8.78. The average molecular weight is 432 g/mol. The van der Waals surface area contributed by atoms with Crippen molar-refractivity contribution in [2.24, 2.45) is 5.92 Å². The quantitative estimate of drug-likeness (QED) is 0.559. The van der Waals surface area contributed by atoms with Crippen molar-refractivity contribution in [2.45, 2.75) is 75.0 Å². The first kappa shape index (κ1) is 20.8. The Balaban J connectivity index is 1.33. The van der Waals surface area contributed by atoms with E-state index in [0.29, 0.717) is 38.6 Å². The van der Waals surface area contributed by atoms with Gasteiger partial charge >= 0.3 is 6.03 Å². The van der Waals surface area contributed by atoms with Crippen molar-refractivity contribution in [3.63, 3.8) is 0 Å². The number of hydrogen-bond acceptors (Lipinski definition) is 5. The number of nitrogens with one attached hydrogen (secondary N) is 3. The normalized spacial score (nSPS) is 31.7. The number of hydrogen-bond donors (Lipinski definition) is 4. The van der Waals surface area contributed by atoms with Crippen LogP contribution in [0.25, 0.3) is 0 Å². The molecule has 170 valence electrons. The van der Waals surface area contributed by atoms with E-state index in [1.807, 2.05) is 0 Å². The molecule has 4 fully saturated rings. The first-order valence-electron chi connectivity index (χ1n) is 11.8. The number of carbonyl (C=O) groups is 2. The molecule has 9 nitrogen and oxygen atoms in total. The zero-order chi connectivity index (χ0) is 21.4. The molecule has 4 aliphatic rings.